The zero-order valence-corrected chi connectivity index (χ0v) is 15.8. The largest absolute Gasteiger partial charge is 0.467 e. The lowest BCUT2D eigenvalue weighted by Crippen LogP contribution is -2.47. The Hall–Kier alpha value is -2.70. The molecule has 1 heterocycles. The topological polar surface area (TPSA) is 51.2 Å². The molecule has 0 saturated heterocycles. The van der Waals surface area contributed by atoms with Crippen LogP contribution in [0.4, 0.5) is 4.39 Å². The van der Waals surface area contributed by atoms with Gasteiger partial charge < -0.3 is 10.1 Å². The number of terminal acetylenes is 1. The first-order chi connectivity index (χ1) is 12.3. The molecule has 0 saturated carbocycles. The normalized spacial score (nSPS) is 11.8. The zero-order chi connectivity index (χ0) is 19.3. The summed E-state index contributed by atoms with van der Waals surface area (Å²) in [7, 11) is 0. The fourth-order valence-corrected chi connectivity index (χ4v) is 2.81. The van der Waals surface area contributed by atoms with Crippen molar-refractivity contribution in [2.24, 2.45) is 0 Å². The molecule has 0 bridgehead atoms. The number of ether oxygens (including phenoxy) is 1. The van der Waals surface area contributed by atoms with Gasteiger partial charge >= 0.3 is 0 Å². The van der Waals surface area contributed by atoms with Gasteiger partial charge in [0.15, 0.2) is 11.6 Å². The maximum Gasteiger partial charge on any atom is 0.272 e. The van der Waals surface area contributed by atoms with Gasteiger partial charge in [0.2, 0.25) is 5.44 Å². The van der Waals surface area contributed by atoms with Crippen LogP contribution in [0.1, 0.15) is 26.3 Å². The Balaban J connectivity index is 2.29. The van der Waals surface area contributed by atoms with Crippen LogP contribution in [0.5, 0.6) is 5.75 Å². The Morgan fingerprint density at radius 2 is 2.15 bits per heavy atom. The van der Waals surface area contributed by atoms with Crippen molar-refractivity contribution in [2.75, 3.05) is 6.26 Å². The minimum atomic E-state index is -0.927. The molecule has 4 nitrogen and oxygen atoms in total. The minimum absolute atomic E-state index is 0.0395. The maximum absolute atomic E-state index is 14.4. The van der Waals surface area contributed by atoms with Gasteiger partial charge in [-0.15, -0.1) is 24.1 Å². The van der Waals surface area contributed by atoms with Crippen LogP contribution in [0.3, 0.4) is 0 Å². The molecule has 0 aliphatic heterocycles. The molecular formula is C20H19FN2O2S. The fourth-order valence-electron chi connectivity index (χ4n) is 2.33. The summed E-state index contributed by atoms with van der Waals surface area (Å²) in [5.74, 6) is 7.12. The van der Waals surface area contributed by atoms with Crippen LogP contribution in [0.2, 0.25) is 0 Å². The van der Waals surface area contributed by atoms with Gasteiger partial charge in [-0.1, -0.05) is 11.8 Å². The fraction of sp³-hybridized carbons (Fsp3) is 0.300. The summed E-state index contributed by atoms with van der Waals surface area (Å²) >= 11 is 1.16. The Labute approximate surface area is 156 Å². The molecule has 2 rings (SSSR count). The molecule has 0 aliphatic rings. The first-order valence-corrected chi connectivity index (χ1v) is 9.09. The number of nitrogens with zero attached hydrogens (tertiary/aromatic N) is 1. The van der Waals surface area contributed by atoms with Gasteiger partial charge in [-0.3, -0.25) is 9.78 Å². The summed E-state index contributed by atoms with van der Waals surface area (Å²) in [6.07, 6.45) is 8.58. The Bertz CT molecular complexity index is 938. The van der Waals surface area contributed by atoms with Gasteiger partial charge in [-0.25, -0.2) is 4.39 Å². The van der Waals surface area contributed by atoms with Gasteiger partial charge in [0.25, 0.3) is 5.91 Å². The molecule has 1 unspecified atom stereocenters. The second-order valence-electron chi connectivity index (χ2n) is 6.02. The Morgan fingerprint density at radius 3 is 2.77 bits per heavy atom. The summed E-state index contributed by atoms with van der Waals surface area (Å²) in [5, 5.41) is 3.42. The second-order valence-corrected chi connectivity index (χ2v) is 6.92. The van der Waals surface area contributed by atoms with Gasteiger partial charge in [0, 0.05) is 23.2 Å². The summed E-state index contributed by atoms with van der Waals surface area (Å²) in [5.41, 5.74) is -0.604. The number of halogens is 1. The lowest BCUT2D eigenvalue weighted by Gasteiger charge is -2.24. The highest BCUT2D eigenvalue weighted by Gasteiger charge is 2.26. The number of nitrogens with one attached hydrogen (secondary N) is 1. The van der Waals surface area contributed by atoms with Crippen LogP contribution in [0, 0.1) is 30.0 Å². The van der Waals surface area contributed by atoms with Gasteiger partial charge in [0.05, 0.1) is 11.1 Å². The Kier molecular flexibility index (Phi) is 6.13. The number of aromatic nitrogens is 1. The molecule has 26 heavy (non-hydrogen) atoms. The van der Waals surface area contributed by atoms with Crippen molar-refractivity contribution >= 4 is 28.6 Å². The third-order valence-corrected chi connectivity index (χ3v) is 4.18. The molecule has 1 amide bonds. The van der Waals surface area contributed by atoms with E-state index < -0.39 is 16.8 Å². The monoisotopic (exact) mass is 370 g/mol. The summed E-state index contributed by atoms with van der Waals surface area (Å²) < 4.78 is 20.0. The van der Waals surface area contributed by atoms with Crippen LogP contribution in [0.15, 0.2) is 24.4 Å². The molecule has 134 valence electrons. The van der Waals surface area contributed by atoms with E-state index in [2.05, 4.69) is 28.1 Å². The van der Waals surface area contributed by atoms with E-state index in [9.17, 15) is 9.18 Å². The van der Waals surface area contributed by atoms with E-state index in [1.165, 1.54) is 18.3 Å². The number of fused-ring (bicyclic) bond motifs is 1. The van der Waals surface area contributed by atoms with E-state index in [1.54, 1.807) is 33.1 Å². The molecule has 1 aromatic carbocycles. The van der Waals surface area contributed by atoms with Gasteiger partial charge in [-0.2, -0.15) is 0 Å². The van der Waals surface area contributed by atoms with Gasteiger partial charge in [0.1, 0.15) is 0 Å². The molecule has 1 aromatic heterocycles. The number of hydrogen-bond donors (Lipinski definition) is 1. The SMILES string of the molecule is C#Cc1cnc2cc(F)c(OC(SC)C(=O)NC(C)(C)C#CC)cc2c1. The number of carbonyl (C=O) groups is 1. The lowest BCUT2D eigenvalue weighted by atomic mass is 10.1. The quantitative estimate of drug-likeness (QED) is 0.648. The van der Waals surface area contributed by atoms with Crippen molar-refractivity contribution < 1.29 is 13.9 Å². The van der Waals surface area contributed by atoms with Crippen molar-refractivity contribution in [3.8, 4) is 29.9 Å². The predicted octanol–water partition coefficient (Wildman–Crippen LogP) is 3.34. The van der Waals surface area contributed by atoms with Crippen molar-refractivity contribution in [2.45, 2.75) is 31.7 Å². The molecule has 1 N–H and O–H groups in total. The molecular weight excluding hydrogens is 351 g/mol. The average Bonchev–Trinajstić information content (AvgIpc) is 2.58. The number of benzene rings is 1. The smallest absolute Gasteiger partial charge is 0.272 e. The third kappa shape index (κ3) is 4.68. The number of hydrogen-bond acceptors (Lipinski definition) is 4. The predicted molar refractivity (Wildman–Crippen MR) is 103 cm³/mol. The van der Waals surface area contributed by atoms with Crippen LogP contribution >= 0.6 is 11.8 Å². The van der Waals surface area contributed by atoms with Crippen molar-refractivity contribution in [1.29, 1.82) is 0 Å². The summed E-state index contributed by atoms with van der Waals surface area (Å²) in [6.45, 7) is 5.25. The van der Waals surface area contributed by atoms with Crippen LogP contribution in [-0.4, -0.2) is 28.1 Å². The third-order valence-electron chi connectivity index (χ3n) is 3.44. The number of amides is 1. The number of thioether (sulfide) groups is 1. The summed E-state index contributed by atoms with van der Waals surface area (Å²) in [6, 6.07) is 4.46. The first-order valence-electron chi connectivity index (χ1n) is 7.81. The Morgan fingerprint density at radius 1 is 1.42 bits per heavy atom. The highest BCUT2D eigenvalue weighted by molar-refractivity contribution is 7.99. The zero-order valence-electron chi connectivity index (χ0n) is 15.0. The first kappa shape index (κ1) is 19.6. The van der Waals surface area contributed by atoms with E-state index in [1.807, 2.05) is 0 Å². The van der Waals surface area contributed by atoms with Crippen molar-refractivity contribution in [3.63, 3.8) is 0 Å². The number of carbonyl (C=O) groups excluding carboxylic acids is 1. The highest BCUT2D eigenvalue weighted by Crippen LogP contribution is 2.27. The highest BCUT2D eigenvalue weighted by atomic mass is 32.2. The van der Waals surface area contributed by atoms with E-state index in [0.717, 1.165) is 11.8 Å². The standard InChI is InChI=1S/C20H19FN2O2S/c1-6-8-20(3,4)23-18(24)19(26-5)25-17-10-14-9-13(7-2)12-22-16(14)11-15(17)21/h2,9-12,19H,1,3-5H3,(H,23,24). The number of pyridine rings is 1. The molecule has 0 radical (unpaired) electrons. The van der Waals surface area contributed by atoms with E-state index >= 15 is 0 Å². The van der Waals surface area contributed by atoms with Crippen LogP contribution in [0.25, 0.3) is 10.9 Å². The van der Waals surface area contributed by atoms with E-state index in [-0.39, 0.29) is 11.7 Å². The molecule has 0 fully saturated rings. The van der Waals surface area contributed by atoms with Crippen molar-refractivity contribution in [1.82, 2.24) is 10.3 Å². The molecule has 1 atom stereocenters. The van der Waals surface area contributed by atoms with Gasteiger partial charge in [-0.05, 0) is 39.2 Å². The molecule has 0 aliphatic carbocycles. The second kappa shape index (κ2) is 8.12. The van der Waals surface area contributed by atoms with Crippen LogP contribution in [-0.2, 0) is 4.79 Å². The lowest BCUT2D eigenvalue weighted by molar-refractivity contribution is -0.125. The van der Waals surface area contributed by atoms with E-state index in [4.69, 9.17) is 11.2 Å². The molecule has 2 aromatic rings. The van der Waals surface area contributed by atoms with Crippen LogP contribution < -0.4 is 10.1 Å². The molecule has 6 heteroatoms. The average molecular weight is 370 g/mol. The van der Waals surface area contributed by atoms with E-state index in [0.29, 0.717) is 16.5 Å². The minimum Gasteiger partial charge on any atom is -0.467 e. The summed E-state index contributed by atoms with van der Waals surface area (Å²) in [4.78, 5) is 16.6. The maximum atomic E-state index is 14.4. The molecule has 0 spiro atoms. The number of rotatable bonds is 5. The van der Waals surface area contributed by atoms with Crippen molar-refractivity contribution in [3.05, 3.63) is 35.8 Å².